The second-order valence-electron chi connectivity index (χ2n) is 7.42. The molecule has 28 heavy (non-hydrogen) atoms. The normalized spacial score (nSPS) is 24.0. The van der Waals surface area contributed by atoms with Gasteiger partial charge in [-0.05, 0) is 48.9 Å². The van der Waals surface area contributed by atoms with Crippen LogP contribution in [0.25, 0.3) is 11.0 Å². The molecule has 2 amide bonds. The van der Waals surface area contributed by atoms with E-state index in [4.69, 9.17) is 10.8 Å². The van der Waals surface area contributed by atoms with Crippen LogP contribution in [0.4, 0.5) is 10.6 Å². The summed E-state index contributed by atoms with van der Waals surface area (Å²) in [4.78, 5) is 28.4. The van der Waals surface area contributed by atoms with E-state index in [1.165, 1.54) is 0 Å². The predicted octanol–water partition coefficient (Wildman–Crippen LogP) is 2.48. The molecule has 4 N–H and O–H groups in total. The highest BCUT2D eigenvalue weighted by molar-refractivity contribution is 8.24. The summed E-state index contributed by atoms with van der Waals surface area (Å²) < 4.78 is 0. The minimum Gasteiger partial charge on any atom is -0.356 e. The molecule has 2 unspecified atom stereocenters. The molecule has 10 heteroatoms. The maximum absolute atomic E-state index is 12.4. The third-order valence-electron chi connectivity index (χ3n) is 5.94. The summed E-state index contributed by atoms with van der Waals surface area (Å²) in [5.41, 5.74) is 1.89. The first-order valence-corrected chi connectivity index (χ1v) is 10.3. The van der Waals surface area contributed by atoms with Crippen LogP contribution in [0, 0.1) is 22.7 Å². The molecule has 0 bridgehead atoms. The van der Waals surface area contributed by atoms with Gasteiger partial charge in [-0.15, -0.1) is 0 Å². The van der Waals surface area contributed by atoms with Crippen LogP contribution in [0.1, 0.15) is 19.3 Å². The number of hydrogen-bond donors (Lipinski definition) is 4. The average molecular weight is 401 g/mol. The molecular formula is C18H24N8OS. The van der Waals surface area contributed by atoms with Crippen LogP contribution in [0.2, 0.25) is 0 Å². The van der Waals surface area contributed by atoms with E-state index < -0.39 is 0 Å². The van der Waals surface area contributed by atoms with Gasteiger partial charge >= 0.3 is 6.03 Å². The maximum atomic E-state index is 12.4. The number of nitrogens with one attached hydrogen (secondary N) is 4. The molecule has 9 nitrogen and oxygen atoms in total. The van der Waals surface area contributed by atoms with Crippen LogP contribution in [-0.2, 0) is 0 Å². The van der Waals surface area contributed by atoms with Crippen molar-refractivity contribution in [2.75, 3.05) is 25.0 Å². The van der Waals surface area contributed by atoms with Gasteiger partial charge in [-0.1, -0.05) is 0 Å². The molecule has 0 spiro atoms. The monoisotopic (exact) mass is 400 g/mol. The fourth-order valence-electron chi connectivity index (χ4n) is 4.53. The van der Waals surface area contributed by atoms with Gasteiger partial charge in [0.15, 0.2) is 5.17 Å². The second-order valence-corrected chi connectivity index (χ2v) is 8.30. The zero-order chi connectivity index (χ0) is 19.7. The summed E-state index contributed by atoms with van der Waals surface area (Å²) in [7, 11) is 2.09. The number of likely N-dealkylation sites (tertiary alicyclic amines) is 1. The van der Waals surface area contributed by atoms with E-state index in [1.807, 2.05) is 12.3 Å². The number of rotatable bonds is 3. The Morgan fingerprint density at radius 2 is 2.25 bits per heavy atom. The molecule has 0 aromatic carbocycles. The van der Waals surface area contributed by atoms with E-state index in [9.17, 15) is 4.79 Å². The van der Waals surface area contributed by atoms with Crippen molar-refractivity contribution in [1.82, 2.24) is 25.2 Å². The summed E-state index contributed by atoms with van der Waals surface area (Å²) >= 11 is 0.892. The lowest BCUT2D eigenvalue weighted by molar-refractivity contribution is 0.148. The van der Waals surface area contributed by atoms with Crippen LogP contribution < -0.4 is 10.2 Å². The number of carbonyl (C=O) groups excluding carboxylic acids is 1. The summed E-state index contributed by atoms with van der Waals surface area (Å²) in [6.45, 7) is 1.42. The number of anilines is 1. The quantitative estimate of drug-likeness (QED) is 0.465. The molecule has 4 rings (SSSR count). The Hall–Kier alpha value is -2.62. The topological polar surface area (TPSA) is 125 Å². The standard InChI is InChI=1S/C18H24N8OS/c1-25(16-14-2-4-21-15(14)22-10-23-16)13-6-11-3-5-26(8-12(11)7-13)18(27)24-17(20)28-9-19/h2,4,9-13,19H,3,5-8H2,1H3,(H2,20,24,27)(H,21,22,23)/t11?,12?,13-/m1/s1. The number of aromatic amines is 1. The highest BCUT2D eigenvalue weighted by atomic mass is 32.2. The molecule has 0 radical (unpaired) electrons. The van der Waals surface area contributed by atoms with Crippen LogP contribution in [0.3, 0.4) is 0 Å². The Labute approximate surface area is 167 Å². The fourth-order valence-corrected chi connectivity index (χ4v) is 4.80. The molecule has 3 atom stereocenters. The second kappa shape index (κ2) is 7.78. The van der Waals surface area contributed by atoms with Gasteiger partial charge in [0.2, 0.25) is 0 Å². The van der Waals surface area contributed by atoms with Crippen molar-refractivity contribution >= 4 is 45.4 Å². The number of aromatic nitrogens is 3. The zero-order valence-electron chi connectivity index (χ0n) is 15.7. The largest absolute Gasteiger partial charge is 0.356 e. The lowest BCUT2D eigenvalue weighted by Gasteiger charge is -2.34. The number of urea groups is 1. The molecule has 1 aliphatic carbocycles. The van der Waals surface area contributed by atoms with Crippen molar-refractivity contribution in [2.45, 2.75) is 25.3 Å². The van der Waals surface area contributed by atoms with Crippen LogP contribution in [0.15, 0.2) is 18.6 Å². The third-order valence-corrected chi connectivity index (χ3v) is 6.40. The van der Waals surface area contributed by atoms with Crippen molar-refractivity contribution in [2.24, 2.45) is 11.8 Å². The lowest BCUT2D eigenvalue weighted by atomic mass is 9.89. The number of carbonyl (C=O) groups is 1. The number of fused-ring (bicyclic) bond motifs is 2. The number of thioether (sulfide) groups is 1. The molecule has 2 fully saturated rings. The third kappa shape index (κ3) is 3.56. The van der Waals surface area contributed by atoms with Gasteiger partial charge in [0.1, 0.15) is 17.8 Å². The van der Waals surface area contributed by atoms with Gasteiger partial charge in [0, 0.05) is 32.4 Å². The SMILES string of the molecule is CN(c1ncnc2[nH]ccc12)[C@@H]1CC2CCN(C(=O)NC(=N)SC=N)CC2C1. The van der Waals surface area contributed by atoms with Gasteiger partial charge in [-0.2, -0.15) is 0 Å². The fraction of sp³-hybridized carbons (Fsp3) is 0.500. The van der Waals surface area contributed by atoms with Crippen molar-refractivity contribution in [3.63, 3.8) is 0 Å². The Balaban J connectivity index is 1.41. The molecule has 3 heterocycles. The van der Waals surface area contributed by atoms with E-state index in [-0.39, 0.29) is 11.2 Å². The number of amides is 2. The summed E-state index contributed by atoms with van der Waals surface area (Å²) in [5, 5.41) is 18.2. The van der Waals surface area contributed by atoms with Crippen LogP contribution in [-0.4, -0.2) is 62.8 Å². The van der Waals surface area contributed by atoms with Crippen LogP contribution in [0.5, 0.6) is 0 Å². The summed E-state index contributed by atoms with van der Waals surface area (Å²) in [5.74, 6) is 2.01. The van der Waals surface area contributed by atoms with E-state index in [0.717, 1.165) is 53.4 Å². The van der Waals surface area contributed by atoms with Crippen molar-refractivity contribution < 1.29 is 4.79 Å². The number of nitrogens with zero attached hydrogens (tertiary/aromatic N) is 4. The molecule has 1 aliphatic heterocycles. The molecule has 2 aliphatic rings. The summed E-state index contributed by atoms with van der Waals surface area (Å²) in [6, 6.07) is 2.16. The van der Waals surface area contributed by atoms with Gasteiger partial charge in [-0.3, -0.25) is 10.7 Å². The molecule has 1 saturated heterocycles. The Bertz CT molecular complexity index is 899. The van der Waals surface area contributed by atoms with E-state index in [0.29, 0.717) is 31.0 Å². The highest BCUT2D eigenvalue weighted by Gasteiger charge is 2.41. The lowest BCUT2D eigenvalue weighted by Crippen LogP contribution is -2.48. The Morgan fingerprint density at radius 1 is 1.43 bits per heavy atom. The first-order valence-electron chi connectivity index (χ1n) is 9.37. The molecular weight excluding hydrogens is 376 g/mol. The molecule has 2 aromatic heterocycles. The van der Waals surface area contributed by atoms with Crippen molar-refractivity contribution in [3.8, 4) is 0 Å². The van der Waals surface area contributed by atoms with E-state index in [1.54, 1.807) is 11.2 Å². The first-order chi connectivity index (χ1) is 13.6. The van der Waals surface area contributed by atoms with Crippen LogP contribution >= 0.6 is 11.8 Å². The average Bonchev–Trinajstić information content (AvgIpc) is 3.33. The predicted molar refractivity (Wildman–Crippen MR) is 111 cm³/mol. The Kier molecular flexibility index (Phi) is 5.21. The van der Waals surface area contributed by atoms with Gasteiger partial charge in [-0.25, -0.2) is 14.8 Å². The molecule has 1 saturated carbocycles. The van der Waals surface area contributed by atoms with E-state index in [2.05, 4.69) is 32.2 Å². The maximum Gasteiger partial charge on any atom is 0.323 e. The first kappa shape index (κ1) is 18.7. The van der Waals surface area contributed by atoms with E-state index >= 15 is 0 Å². The molecule has 2 aromatic rings. The summed E-state index contributed by atoms with van der Waals surface area (Å²) in [6.07, 6.45) is 6.59. The Morgan fingerprint density at radius 3 is 3.07 bits per heavy atom. The number of H-pyrrole nitrogens is 1. The van der Waals surface area contributed by atoms with Gasteiger partial charge in [0.25, 0.3) is 0 Å². The molecule has 148 valence electrons. The number of hydrogen-bond acceptors (Lipinski definition) is 7. The van der Waals surface area contributed by atoms with Crippen molar-refractivity contribution in [1.29, 1.82) is 10.8 Å². The minimum absolute atomic E-state index is 0.00886. The smallest absolute Gasteiger partial charge is 0.323 e. The number of piperidine rings is 1. The van der Waals surface area contributed by atoms with Crippen molar-refractivity contribution in [3.05, 3.63) is 18.6 Å². The van der Waals surface area contributed by atoms with Gasteiger partial charge in [0.05, 0.1) is 10.9 Å². The number of amidine groups is 1. The minimum atomic E-state index is -0.237. The zero-order valence-corrected chi connectivity index (χ0v) is 16.5. The van der Waals surface area contributed by atoms with Gasteiger partial charge < -0.3 is 20.2 Å². The highest BCUT2D eigenvalue weighted by Crippen LogP contribution is 2.41.